The van der Waals surface area contributed by atoms with E-state index in [0.717, 1.165) is 88.3 Å². The van der Waals surface area contributed by atoms with E-state index in [1.54, 1.807) is 0 Å². The smallest absolute Gasteiger partial charge is 0.143 e. The maximum atomic E-state index is 6.66. The Morgan fingerprint density at radius 1 is 0.160 bits per heavy atom. The molecule has 0 aliphatic carbocycles. The van der Waals surface area contributed by atoms with Gasteiger partial charge >= 0.3 is 0 Å². The monoisotopic (exact) mass is 1910 g/mol. The van der Waals surface area contributed by atoms with Crippen molar-refractivity contribution in [1.29, 1.82) is 0 Å². The van der Waals surface area contributed by atoms with E-state index in [9.17, 15) is 0 Å². The fourth-order valence-electron chi connectivity index (χ4n) is 25.1. The van der Waals surface area contributed by atoms with Crippen molar-refractivity contribution < 1.29 is 4.42 Å². The van der Waals surface area contributed by atoms with Crippen LogP contribution in [-0.4, -0.2) is 42.8 Å². The number of furan rings is 1. The van der Waals surface area contributed by atoms with Gasteiger partial charge in [-0.05, 0) is 193 Å². The Morgan fingerprint density at radius 2 is 0.480 bits per heavy atom. The molecule has 0 saturated carbocycles. The van der Waals surface area contributed by atoms with E-state index in [1.807, 2.05) is 43.0 Å². The lowest BCUT2D eigenvalue weighted by molar-refractivity contribution is 0.670. The fraction of sp³-hybridized carbons (Fsp3) is 0. The molecule has 150 heavy (non-hydrogen) atoms. The summed E-state index contributed by atoms with van der Waals surface area (Å²) in [4.78, 5) is 19.5. The zero-order chi connectivity index (χ0) is 98.3. The molecule has 0 spiro atoms. The molecule has 0 unspecified atom stereocenters. The average molecular weight is 1910 g/mol. The number of nitrogens with zero attached hydrogens (tertiary/aromatic N) is 9. The van der Waals surface area contributed by atoms with Crippen molar-refractivity contribution in [2.75, 3.05) is 0 Å². The van der Waals surface area contributed by atoms with Crippen LogP contribution < -0.4 is 0 Å². The van der Waals surface area contributed by atoms with Gasteiger partial charge in [-0.25, -0.2) is 0 Å². The summed E-state index contributed by atoms with van der Waals surface area (Å²) in [6.07, 6.45) is 7.59. The summed E-state index contributed by atoms with van der Waals surface area (Å²) in [7, 11) is 0. The second-order valence-electron chi connectivity index (χ2n) is 39.2. The van der Waals surface area contributed by atoms with Gasteiger partial charge < -0.3 is 27.3 Å². The topological polar surface area (TPSA) is 89.4 Å². The van der Waals surface area contributed by atoms with Gasteiger partial charge in [0.15, 0.2) is 0 Å². The Hall–Kier alpha value is -20.2. The molecular weight excluding hydrogens is 1820 g/mol. The summed E-state index contributed by atoms with van der Waals surface area (Å²) in [5.74, 6) is 0. The molecule has 10 aromatic heterocycles. The highest BCUT2D eigenvalue weighted by molar-refractivity contribution is 6.36. The minimum absolute atomic E-state index is 0.891. The van der Waals surface area contributed by atoms with Gasteiger partial charge in [-0.3, -0.25) is 19.9 Å². The van der Waals surface area contributed by atoms with Gasteiger partial charge in [-0.1, -0.05) is 358 Å². The van der Waals surface area contributed by atoms with Crippen molar-refractivity contribution >= 4 is 261 Å². The van der Waals surface area contributed by atoms with E-state index in [4.69, 9.17) is 24.4 Å². The molecule has 0 bridgehead atoms. The predicted molar refractivity (Wildman–Crippen MR) is 631 cm³/mol. The number of aromatic nitrogens is 9. The number of fused-ring (bicyclic) bond motifs is 43. The Morgan fingerprint density at radius 3 is 0.960 bits per heavy atom. The van der Waals surface area contributed by atoms with E-state index >= 15 is 0 Å². The van der Waals surface area contributed by atoms with E-state index in [1.165, 1.54) is 212 Å². The number of hydrogen-bond donors (Lipinski definition) is 0. The van der Waals surface area contributed by atoms with Gasteiger partial charge in [-0.15, -0.1) is 0 Å². The third-order valence-corrected chi connectivity index (χ3v) is 31.3. The third-order valence-electron chi connectivity index (χ3n) is 31.3. The van der Waals surface area contributed by atoms with Gasteiger partial charge in [0, 0.05) is 166 Å². The minimum Gasteiger partial charge on any atom is -0.455 e. The molecule has 0 saturated heterocycles. The third kappa shape index (κ3) is 12.7. The first-order valence-corrected chi connectivity index (χ1v) is 51.2. The Labute approximate surface area is 857 Å². The normalized spacial score (nSPS) is 12.0. The zero-order valence-corrected chi connectivity index (χ0v) is 81.0. The number of benzene rings is 24. The molecule has 10 heteroatoms. The molecule has 696 valence electrons. The molecular formula is C140H85N9O. The van der Waals surface area contributed by atoms with Crippen molar-refractivity contribution in [1.82, 2.24) is 42.8 Å². The second-order valence-corrected chi connectivity index (χ2v) is 39.2. The highest BCUT2D eigenvalue weighted by atomic mass is 16.3. The first-order valence-electron chi connectivity index (χ1n) is 51.2. The summed E-state index contributed by atoms with van der Waals surface area (Å²) < 4.78 is 18.9. The van der Waals surface area contributed by atoms with Gasteiger partial charge in [0.25, 0.3) is 0 Å². The van der Waals surface area contributed by atoms with Crippen molar-refractivity contribution in [3.8, 4) is 39.6 Å². The first-order chi connectivity index (χ1) is 74.5. The van der Waals surface area contributed by atoms with Crippen molar-refractivity contribution in [3.63, 3.8) is 0 Å². The quantitative estimate of drug-likeness (QED) is 0.155. The number of pyridine rings is 4. The second kappa shape index (κ2) is 33.7. The van der Waals surface area contributed by atoms with Crippen molar-refractivity contribution in [2.24, 2.45) is 0 Å². The standard InChI is InChI=1S/C49H29N3O.C33H20N2.2C29H18N2/c1-2-17-38-37(16-1)46-40-18-5-9-24-44(40)52(48(46)41-21-12-26-50-47(38)41)32-28-30(33-19-11-20-39-36-15-6-10-25-45(36)53-49(33)39)27-31(29-32)51-42-22-7-3-13-34(42)35-14-4-8-23-43(35)51;1-2-11-22-21(10-1)20-30(24-13-4-3-12-23(22)24)35-29-18-8-7-16-27(29)31-25-14-5-6-15-26(25)32-28(33(31)35)17-9-19-34-32;1-2-11-20-19(9-1)10-7-17-25(20)31-26-16-6-5-14-23(26)27-21-12-3-4-13-22(21)28-24(29(27)31)15-8-18-30-28;1-2-9-20-18-21(16-15-19(20)8-1)31-26-14-6-5-12-24(26)27-22-10-3-4-11-23(22)28-25(29(27)31)13-7-17-30-28/h1-29H;1-20H;2*1-18H. The molecule has 24 aromatic carbocycles. The van der Waals surface area contributed by atoms with Gasteiger partial charge in [0.1, 0.15) is 11.2 Å². The SMILES string of the molecule is c1ccc2c(-n3c4ccccc4c4c5ccccc5c5ncccc5c43)cccc2c1.c1ccc2c(c1)cc(-n1c3ccccc3c3c4ccccc4c4ncccc4c31)c1ccccc12.c1ccc2c(c1)oc1c(-c3cc(-n4c5ccccc5c5ccccc54)cc(-n4c5ccccc5c5c6ccccc6c6ncccc6c54)c3)cccc12.c1ccc2cc(-n3c4ccccc4c4c5ccccc5c5ncccc5c43)ccc2c1. The Balaban J connectivity index is 0.0000000926. The van der Waals surface area contributed by atoms with E-state index in [0.29, 0.717) is 0 Å². The lowest BCUT2D eigenvalue weighted by atomic mass is 9.99. The molecule has 0 aliphatic rings. The minimum atomic E-state index is 0.891. The molecule has 0 fully saturated rings. The summed E-state index contributed by atoms with van der Waals surface area (Å²) in [6.45, 7) is 0. The van der Waals surface area contributed by atoms with Crippen LogP contribution in [0.3, 0.4) is 0 Å². The maximum Gasteiger partial charge on any atom is 0.143 e. The van der Waals surface area contributed by atoms with E-state index < -0.39 is 0 Å². The van der Waals surface area contributed by atoms with Crippen LogP contribution in [0.15, 0.2) is 521 Å². The molecule has 0 amide bonds. The predicted octanol–water partition coefficient (Wildman–Crippen LogP) is 37.2. The molecule has 0 N–H and O–H groups in total. The Kier molecular flexibility index (Phi) is 19.0. The number of para-hydroxylation sites is 8. The molecule has 0 aliphatic heterocycles. The Bertz CT molecular complexity index is 11700. The van der Waals surface area contributed by atoms with Crippen LogP contribution in [0.4, 0.5) is 0 Å². The average Bonchev–Trinajstić information content (AvgIpc) is 1.54. The maximum absolute atomic E-state index is 6.66. The highest BCUT2D eigenvalue weighted by Gasteiger charge is 2.29. The van der Waals surface area contributed by atoms with Crippen LogP contribution in [0, 0.1) is 0 Å². The van der Waals surface area contributed by atoms with Gasteiger partial charge in [0.05, 0.1) is 88.6 Å². The van der Waals surface area contributed by atoms with Crippen LogP contribution in [0.5, 0.6) is 0 Å². The molecule has 0 radical (unpaired) electrons. The summed E-state index contributed by atoms with van der Waals surface area (Å²) in [6, 6.07) is 176. The van der Waals surface area contributed by atoms with E-state index in [-0.39, 0.29) is 0 Å². The largest absolute Gasteiger partial charge is 0.455 e. The van der Waals surface area contributed by atoms with E-state index in [2.05, 4.69) is 496 Å². The molecule has 34 aromatic rings. The highest BCUT2D eigenvalue weighted by Crippen LogP contribution is 2.51. The lowest BCUT2D eigenvalue weighted by Gasteiger charge is -2.17. The van der Waals surface area contributed by atoms with Crippen molar-refractivity contribution in [2.45, 2.75) is 0 Å². The lowest BCUT2D eigenvalue weighted by Crippen LogP contribution is -2.00. The summed E-state index contributed by atoms with van der Waals surface area (Å²) in [5, 5.41) is 39.2. The van der Waals surface area contributed by atoms with Crippen LogP contribution >= 0.6 is 0 Å². The molecule has 10 heterocycles. The molecule has 34 rings (SSSR count). The van der Waals surface area contributed by atoms with Crippen LogP contribution in [0.2, 0.25) is 0 Å². The van der Waals surface area contributed by atoms with Crippen LogP contribution in [0.1, 0.15) is 0 Å². The molecule has 10 nitrogen and oxygen atoms in total. The van der Waals surface area contributed by atoms with Crippen molar-refractivity contribution in [3.05, 3.63) is 516 Å². The van der Waals surface area contributed by atoms with Gasteiger partial charge in [0.2, 0.25) is 0 Å². The summed E-state index contributed by atoms with van der Waals surface area (Å²) >= 11 is 0. The molecule has 0 atom stereocenters. The summed E-state index contributed by atoms with van der Waals surface area (Å²) in [5.41, 5.74) is 25.7. The number of hydrogen-bond acceptors (Lipinski definition) is 5. The number of rotatable bonds is 6. The zero-order valence-electron chi connectivity index (χ0n) is 81.0. The van der Waals surface area contributed by atoms with Crippen LogP contribution in [0.25, 0.3) is 300 Å². The van der Waals surface area contributed by atoms with Gasteiger partial charge in [-0.2, -0.15) is 0 Å². The first kappa shape index (κ1) is 84.3. The van der Waals surface area contributed by atoms with Crippen LogP contribution in [-0.2, 0) is 0 Å². The fourth-order valence-corrected chi connectivity index (χ4v) is 25.1.